The molecule has 6 aromatic rings. The van der Waals surface area contributed by atoms with Crippen LogP contribution in [0.3, 0.4) is 0 Å². The van der Waals surface area contributed by atoms with Gasteiger partial charge in [0.1, 0.15) is 11.5 Å². The van der Waals surface area contributed by atoms with Gasteiger partial charge in [-0.05, 0) is 70.8 Å². The fourth-order valence-electron chi connectivity index (χ4n) is 5.36. The number of benzene rings is 4. The van der Waals surface area contributed by atoms with Gasteiger partial charge in [0.05, 0.1) is 34.9 Å². The average molecular weight is 581 g/mol. The number of allylic oxidation sites excluding steroid dienone is 1. The molecule has 4 aromatic carbocycles. The van der Waals surface area contributed by atoms with Crippen LogP contribution in [-0.4, -0.2) is 32.0 Å². The summed E-state index contributed by atoms with van der Waals surface area (Å²) in [6, 6.07) is 25.2. The molecule has 2 heterocycles. The van der Waals surface area contributed by atoms with Gasteiger partial charge in [-0.25, -0.2) is 0 Å². The van der Waals surface area contributed by atoms with Gasteiger partial charge in [-0.2, -0.15) is 0 Å². The van der Waals surface area contributed by atoms with E-state index in [-0.39, 0.29) is 35.5 Å². The third-order valence-corrected chi connectivity index (χ3v) is 7.44. The maximum absolute atomic E-state index is 13.2. The number of phenolic OH excluding ortho intramolecular Hbond substituents is 2. The molecule has 0 spiro atoms. The second kappa shape index (κ2) is 12.1. The van der Waals surface area contributed by atoms with Crippen molar-refractivity contribution in [3.05, 3.63) is 144 Å². The quantitative estimate of drug-likeness (QED) is 0.143. The molecule has 0 fully saturated rings. The topological polar surface area (TPSA) is 124 Å². The van der Waals surface area contributed by atoms with Crippen LogP contribution in [0.15, 0.2) is 122 Å². The summed E-state index contributed by atoms with van der Waals surface area (Å²) >= 11 is 0. The Morgan fingerprint density at radius 2 is 1.07 bits per heavy atom. The van der Waals surface area contributed by atoms with Gasteiger partial charge in [0.25, 0.3) is 11.8 Å². The first-order valence-corrected chi connectivity index (χ1v) is 14.0. The highest BCUT2D eigenvalue weighted by molar-refractivity contribution is 6.10. The van der Waals surface area contributed by atoms with Gasteiger partial charge in [0.15, 0.2) is 0 Å². The number of amides is 2. The molecular weight excluding hydrogens is 552 g/mol. The van der Waals surface area contributed by atoms with E-state index in [1.54, 1.807) is 48.8 Å². The number of nitrogens with zero attached hydrogens (tertiary/aromatic N) is 2. The van der Waals surface area contributed by atoms with E-state index in [2.05, 4.69) is 27.2 Å². The molecule has 0 unspecified atom stereocenters. The fraction of sp³-hybridized carbons (Fsp3) is 0.0556. The Hall–Kier alpha value is -6.02. The number of carbonyl (C=O) groups is 2. The van der Waals surface area contributed by atoms with Crippen molar-refractivity contribution in [2.24, 2.45) is 0 Å². The van der Waals surface area contributed by atoms with Crippen molar-refractivity contribution < 1.29 is 19.8 Å². The molecule has 0 aliphatic carbocycles. The molecule has 8 heteroatoms. The smallest absolute Gasteiger partial charge is 0.259 e. The van der Waals surface area contributed by atoms with Crippen molar-refractivity contribution in [1.29, 1.82) is 0 Å². The highest BCUT2D eigenvalue weighted by Crippen LogP contribution is 2.37. The first kappa shape index (κ1) is 28.1. The molecule has 44 heavy (non-hydrogen) atoms. The Balaban J connectivity index is 1.34. The van der Waals surface area contributed by atoms with Crippen LogP contribution in [0.2, 0.25) is 0 Å². The normalized spacial score (nSPS) is 10.9. The van der Waals surface area contributed by atoms with Crippen LogP contribution in [-0.2, 0) is 12.8 Å². The van der Waals surface area contributed by atoms with Gasteiger partial charge in [-0.15, -0.1) is 0 Å². The predicted molar refractivity (Wildman–Crippen MR) is 172 cm³/mol. The molecule has 2 aromatic heterocycles. The minimum Gasteiger partial charge on any atom is -0.507 e. The molecule has 6 rings (SSSR count). The number of phenols is 2. The number of rotatable bonds is 8. The number of hydrogen-bond donors (Lipinski definition) is 4. The van der Waals surface area contributed by atoms with Crippen LogP contribution in [0.25, 0.3) is 21.5 Å². The largest absolute Gasteiger partial charge is 0.507 e. The van der Waals surface area contributed by atoms with Crippen LogP contribution >= 0.6 is 0 Å². The van der Waals surface area contributed by atoms with Crippen molar-refractivity contribution in [3.8, 4) is 11.5 Å². The first-order chi connectivity index (χ1) is 21.4. The van der Waals surface area contributed by atoms with Gasteiger partial charge in [-0.3, -0.25) is 19.6 Å². The first-order valence-electron chi connectivity index (χ1n) is 14.0. The van der Waals surface area contributed by atoms with Gasteiger partial charge >= 0.3 is 0 Å². The van der Waals surface area contributed by atoms with Crippen LogP contribution in [0.5, 0.6) is 11.5 Å². The molecule has 0 aliphatic rings. The Labute approximate surface area is 253 Å². The number of aromatic hydroxyl groups is 2. The molecule has 0 radical (unpaired) electrons. The minimum atomic E-state index is -0.468. The van der Waals surface area contributed by atoms with E-state index in [1.165, 1.54) is 12.4 Å². The number of aromatic nitrogens is 2. The molecule has 0 aliphatic heterocycles. The lowest BCUT2D eigenvalue weighted by Crippen LogP contribution is -2.14. The second-order valence-electron chi connectivity index (χ2n) is 10.4. The SMILES string of the molecule is C=C(Cc1c(O)c(C(=O)Nc2cccnc2)cc2ccccc12)Cc1c(O)c(C(=O)Nc2cccnc2)cc2ccccc12. The maximum Gasteiger partial charge on any atom is 0.259 e. The van der Waals surface area contributed by atoms with Crippen LogP contribution in [0.1, 0.15) is 31.8 Å². The van der Waals surface area contributed by atoms with Crippen molar-refractivity contribution in [1.82, 2.24) is 9.97 Å². The zero-order valence-corrected chi connectivity index (χ0v) is 23.6. The highest BCUT2D eigenvalue weighted by Gasteiger charge is 2.22. The Bertz CT molecular complexity index is 1900. The van der Waals surface area contributed by atoms with Crippen molar-refractivity contribution >= 4 is 44.7 Å². The summed E-state index contributed by atoms with van der Waals surface area (Å²) in [6.45, 7) is 4.29. The minimum absolute atomic E-state index is 0.123. The van der Waals surface area contributed by atoms with Crippen LogP contribution < -0.4 is 10.6 Å². The number of nitrogens with one attached hydrogen (secondary N) is 2. The molecule has 8 nitrogen and oxygen atoms in total. The lowest BCUT2D eigenvalue weighted by molar-refractivity contribution is 0.101. The molecule has 0 bridgehead atoms. The van der Waals surface area contributed by atoms with E-state index in [1.807, 2.05) is 48.5 Å². The van der Waals surface area contributed by atoms with Crippen molar-refractivity contribution in [2.45, 2.75) is 12.8 Å². The summed E-state index contributed by atoms with van der Waals surface area (Å²) in [5, 5.41) is 31.5. The summed E-state index contributed by atoms with van der Waals surface area (Å²) in [5.74, 6) is -1.23. The second-order valence-corrected chi connectivity index (χ2v) is 10.4. The Morgan fingerprint density at radius 1 is 0.636 bits per heavy atom. The van der Waals surface area contributed by atoms with E-state index in [0.29, 0.717) is 28.1 Å². The van der Waals surface area contributed by atoms with Gasteiger partial charge in [0.2, 0.25) is 0 Å². The Morgan fingerprint density at radius 3 is 1.48 bits per heavy atom. The lowest BCUT2D eigenvalue weighted by Gasteiger charge is -2.17. The van der Waals surface area contributed by atoms with Crippen molar-refractivity contribution in [2.75, 3.05) is 10.6 Å². The summed E-state index contributed by atoms with van der Waals surface area (Å²) in [6.07, 6.45) is 6.72. The van der Waals surface area contributed by atoms with E-state index < -0.39 is 11.8 Å². The summed E-state index contributed by atoms with van der Waals surface area (Å²) in [7, 11) is 0. The molecule has 2 amide bonds. The summed E-state index contributed by atoms with van der Waals surface area (Å²) in [4.78, 5) is 34.5. The van der Waals surface area contributed by atoms with Crippen LogP contribution in [0.4, 0.5) is 11.4 Å². The molecule has 0 atom stereocenters. The number of hydrogen-bond acceptors (Lipinski definition) is 6. The van der Waals surface area contributed by atoms with Crippen LogP contribution in [0, 0.1) is 0 Å². The van der Waals surface area contributed by atoms with E-state index >= 15 is 0 Å². The standard InChI is InChI=1S/C36H28N4O4/c1-22(16-29-27-12-4-2-8-23(27)18-31(33(29)41)35(43)39-25-10-6-14-37-20-25)17-30-28-13-5-3-9-24(28)19-32(34(30)42)36(44)40-26-11-7-15-38-21-26/h2-15,18-21,41-42H,1,16-17H2,(H,39,43)(H,40,44). The van der Waals surface area contributed by atoms with E-state index in [0.717, 1.165) is 21.5 Å². The van der Waals surface area contributed by atoms with Gasteiger partial charge in [0, 0.05) is 23.5 Å². The lowest BCUT2D eigenvalue weighted by atomic mass is 9.90. The number of pyridine rings is 2. The number of carbonyl (C=O) groups excluding carboxylic acids is 2. The van der Waals surface area contributed by atoms with E-state index in [9.17, 15) is 19.8 Å². The predicted octanol–water partition coefficient (Wildman–Crippen LogP) is 7.04. The molecule has 0 saturated carbocycles. The fourth-order valence-corrected chi connectivity index (χ4v) is 5.36. The molecule has 0 saturated heterocycles. The van der Waals surface area contributed by atoms with E-state index in [4.69, 9.17) is 0 Å². The monoisotopic (exact) mass is 580 g/mol. The summed E-state index contributed by atoms with van der Waals surface area (Å²) in [5.41, 5.74) is 3.00. The Kier molecular flexibility index (Phi) is 7.71. The van der Waals surface area contributed by atoms with Gasteiger partial charge in [-0.1, -0.05) is 60.7 Å². The zero-order valence-electron chi connectivity index (χ0n) is 23.6. The van der Waals surface area contributed by atoms with Crippen molar-refractivity contribution in [3.63, 3.8) is 0 Å². The maximum atomic E-state index is 13.2. The molecule has 4 N–H and O–H groups in total. The molecular formula is C36H28N4O4. The third-order valence-electron chi connectivity index (χ3n) is 7.44. The summed E-state index contributed by atoms with van der Waals surface area (Å²) < 4.78 is 0. The number of fused-ring (bicyclic) bond motifs is 2. The number of anilines is 2. The van der Waals surface area contributed by atoms with Gasteiger partial charge < -0.3 is 20.8 Å². The average Bonchev–Trinajstić information content (AvgIpc) is 3.04. The highest BCUT2D eigenvalue weighted by atomic mass is 16.3. The third kappa shape index (κ3) is 5.69. The zero-order chi connectivity index (χ0) is 30.6. The molecule has 216 valence electrons.